The van der Waals surface area contributed by atoms with Crippen LogP contribution in [0.15, 0.2) is 0 Å². The van der Waals surface area contributed by atoms with Gasteiger partial charge in [-0.05, 0) is 43.4 Å². The molecule has 0 aromatic rings. The highest BCUT2D eigenvalue weighted by Gasteiger charge is 2.43. The molecule has 2 amide bonds. The first-order valence-corrected chi connectivity index (χ1v) is 8.16. The minimum atomic E-state index is -0.719. The van der Waals surface area contributed by atoms with Crippen molar-refractivity contribution in [1.82, 2.24) is 10.2 Å². The lowest BCUT2D eigenvalue weighted by atomic mass is 9.88. The summed E-state index contributed by atoms with van der Waals surface area (Å²) in [5.41, 5.74) is 0. The Labute approximate surface area is 127 Å². The molecule has 5 nitrogen and oxygen atoms in total. The Bertz CT molecular complexity index is 383. The second kappa shape index (κ2) is 6.67. The van der Waals surface area contributed by atoms with E-state index in [1.165, 1.54) is 0 Å². The highest BCUT2D eigenvalue weighted by Crippen LogP contribution is 2.39. The lowest BCUT2D eigenvalue weighted by molar-refractivity contribution is -0.138. The fourth-order valence-electron chi connectivity index (χ4n) is 3.61. The number of urea groups is 1. The first-order valence-electron chi connectivity index (χ1n) is 8.16. The van der Waals surface area contributed by atoms with Gasteiger partial charge in [0.05, 0.1) is 0 Å². The van der Waals surface area contributed by atoms with Gasteiger partial charge in [0.2, 0.25) is 0 Å². The van der Waals surface area contributed by atoms with Crippen LogP contribution in [0, 0.1) is 17.8 Å². The average Bonchev–Trinajstić information content (AvgIpc) is 2.66. The number of hydrogen-bond donors (Lipinski definition) is 2. The van der Waals surface area contributed by atoms with E-state index >= 15 is 0 Å². The molecule has 0 saturated carbocycles. The molecule has 0 aromatic heterocycles. The van der Waals surface area contributed by atoms with Gasteiger partial charge in [-0.2, -0.15) is 0 Å². The molecular formula is C16H28N2O3. The number of carbonyl (C=O) groups is 2. The minimum absolute atomic E-state index is 0.0452. The van der Waals surface area contributed by atoms with Gasteiger partial charge in [0, 0.05) is 25.0 Å². The quantitative estimate of drug-likeness (QED) is 0.819. The first-order chi connectivity index (χ1) is 9.88. The predicted octanol–water partition coefficient (Wildman–Crippen LogP) is 2.71. The van der Waals surface area contributed by atoms with Gasteiger partial charge >= 0.3 is 12.0 Å². The molecule has 0 aliphatic carbocycles. The van der Waals surface area contributed by atoms with Gasteiger partial charge < -0.3 is 15.3 Å². The third-order valence-corrected chi connectivity index (χ3v) is 5.24. The third-order valence-electron chi connectivity index (χ3n) is 5.24. The van der Waals surface area contributed by atoms with Gasteiger partial charge in [0.25, 0.3) is 0 Å². The van der Waals surface area contributed by atoms with Gasteiger partial charge in [-0.15, -0.1) is 0 Å². The highest BCUT2D eigenvalue weighted by molar-refractivity contribution is 5.75. The van der Waals surface area contributed by atoms with Crippen LogP contribution >= 0.6 is 0 Å². The maximum atomic E-state index is 12.4. The molecule has 2 heterocycles. The summed E-state index contributed by atoms with van der Waals surface area (Å²) < 4.78 is 0. The molecule has 0 aromatic carbocycles. The van der Waals surface area contributed by atoms with Crippen molar-refractivity contribution in [3.8, 4) is 0 Å². The topological polar surface area (TPSA) is 69.6 Å². The average molecular weight is 296 g/mol. The molecule has 2 saturated heterocycles. The predicted molar refractivity (Wildman–Crippen MR) is 81.0 cm³/mol. The lowest BCUT2D eigenvalue weighted by Crippen LogP contribution is -2.51. The van der Waals surface area contributed by atoms with Crippen molar-refractivity contribution in [2.75, 3.05) is 6.54 Å². The van der Waals surface area contributed by atoms with Crippen molar-refractivity contribution >= 4 is 12.0 Å². The Kier molecular flexibility index (Phi) is 5.12. The second-order valence-electron chi connectivity index (χ2n) is 7.13. The number of carboxylic acid groups (broad SMARTS) is 1. The van der Waals surface area contributed by atoms with E-state index in [0.29, 0.717) is 18.4 Å². The van der Waals surface area contributed by atoms with E-state index in [1.54, 1.807) is 0 Å². The minimum Gasteiger partial charge on any atom is -0.481 e. The van der Waals surface area contributed by atoms with Crippen LogP contribution in [0.3, 0.4) is 0 Å². The Morgan fingerprint density at radius 2 is 1.76 bits per heavy atom. The van der Waals surface area contributed by atoms with Crippen molar-refractivity contribution in [2.45, 2.75) is 65.0 Å². The highest BCUT2D eigenvalue weighted by atomic mass is 16.4. The van der Waals surface area contributed by atoms with Gasteiger partial charge in [0.15, 0.2) is 0 Å². The van der Waals surface area contributed by atoms with E-state index in [2.05, 4.69) is 26.1 Å². The number of nitrogens with zero attached hydrogens (tertiary/aromatic N) is 1. The SMILES string of the molecule is CC(C)C(C)CNC(=O)N1C2CCC1CC(CC(=O)O)C2. The van der Waals surface area contributed by atoms with Crippen LogP contribution in [-0.4, -0.2) is 40.6 Å². The maximum Gasteiger partial charge on any atom is 0.317 e. The molecule has 5 heteroatoms. The van der Waals surface area contributed by atoms with Crippen LogP contribution in [0.5, 0.6) is 0 Å². The number of fused-ring (bicyclic) bond motifs is 2. The van der Waals surface area contributed by atoms with E-state index in [1.807, 2.05) is 4.90 Å². The summed E-state index contributed by atoms with van der Waals surface area (Å²) in [4.78, 5) is 25.3. The zero-order valence-electron chi connectivity index (χ0n) is 13.3. The molecule has 0 spiro atoms. The van der Waals surface area contributed by atoms with Crippen molar-refractivity contribution in [2.24, 2.45) is 17.8 Å². The molecule has 2 N–H and O–H groups in total. The van der Waals surface area contributed by atoms with E-state index in [9.17, 15) is 9.59 Å². The summed E-state index contributed by atoms with van der Waals surface area (Å²) >= 11 is 0. The summed E-state index contributed by atoms with van der Waals surface area (Å²) in [5, 5.41) is 12.0. The summed E-state index contributed by atoms with van der Waals surface area (Å²) in [6, 6.07) is 0.522. The molecule has 21 heavy (non-hydrogen) atoms. The normalized spacial score (nSPS) is 29.5. The van der Waals surface area contributed by atoms with E-state index in [0.717, 1.165) is 25.7 Å². The molecule has 0 radical (unpaired) electrons. The number of aliphatic carboxylic acids is 1. The number of piperidine rings is 1. The molecule has 2 rings (SSSR count). The van der Waals surface area contributed by atoms with Crippen LogP contribution in [0.4, 0.5) is 4.79 Å². The number of amides is 2. The fraction of sp³-hybridized carbons (Fsp3) is 0.875. The summed E-state index contributed by atoms with van der Waals surface area (Å²) in [7, 11) is 0. The Morgan fingerprint density at radius 1 is 1.19 bits per heavy atom. The molecule has 120 valence electrons. The number of hydrogen-bond acceptors (Lipinski definition) is 2. The zero-order chi connectivity index (χ0) is 15.6. The van der Waals surface area contributed by atoms with Crippen LogP contribution in [0.1, 0.15) is 52.9 Å². The number of carbonyl (C=O) groups excluding carboxylic acids is 1. The number of nitrogens with one attached hydrogen (secondary N) is 1. The maximum absolute atomic E-state index is 12.4. The van der Waals surface area contributed by atoms with Crippen LogP contribution < -0.4 is 5.32 Å². The number of carboxylic acids is 1. The standard InChI is InChI=1S/C16H28N2O3/c1-10(2)11(3)9-17-16(21)18-13-4-5-14(18)7-12(6-13)8-15(19)20/h10-14H,4-9H2,1-3H3,(H,17,21)(H,19,20). The van der Waals surface area contributed by atoms with Crippen LogP contribution in [0.25, 0.3) is 0 Å². The van der Waals surface area contributed by atoms with E-state index in [4.69, 9.17) is 5.11 Å². The largest absolute Gasteiger partial charge is 0.481 e. The molecule has 2 fully saturated rings. The van der Waals surface area contributed by atoms with Crippen molar-refractivity contribution < 1.29 is 14.7 Å². The fourth-order valence-corrected chi connectivity index (χ4v) is 3.61. The smallest absolute Gasteiger partial charge is 0.317 e. The van der Waals surface area contributed by atoms with Crippen molar-refractivity contribution in [3.63, 3.8) is 0 Å². The van der Waals surface area contributed by atoms with Gasteiger partial charge in [-0.25, -0.2) is 4.79 Å². The number of rotatable bonds is 5. The summed E-state index contributed by atoms with van der Waals surface area (Å²) in [6.45, 7) is 7.19. The van der Waals surface area contributed by atoms with Gasteiger partial charge in [-0.1, -0.05) is 20.8 Å². The Hall–Kier alpha value is -1.26. The van der Waals surface area contributed by atoms with Crippen molar-refractivity contribution in [3.05, 3.63) is 0 Å². The third kappa shape index (κ3) is 3.89. The van der Waals surface area contributed by atoms with Crippen molar-refractivity contribution in [1.29, 1.82) is 0 Å². The van der Waals surface area contributed by atoms with E-state index in [-0.39, 0.29) is 30.5 Å². The molecule has 3 unspecified atom stereocenters. The molecule has 2 bridgehead atoms. The first kappa shape index (κ1) is 16.1. The van der Waals surface area contributed by atoms with E-state index < -0.39 is 5.97 Å². The van der Waals surface area contributed by atoms with Crippen LogP contribution in [-0.2, 0) is 4.79 Å². The Balaban J connectivity index is 1.88. The molecular weight excluding hydrogens is 268 g/mol. The summed E-state index contributed by atoms with van der Waals surface area (Å²) in [6.07, 6.45) is 3.97. The summed E-state index contributed by atoms with van der Waals surface area (Å²) in [5.74, 6) is 0.543. The van der Waals surface area contributed by atoms with Gasteiger partial charge in [-0.3, -0.25) is 4.79 Å². The molecule has 3 atom stereocenters. The monoisotopic (exact) mass is 296 g/mol. The molecule has 2 aliphatic heterocycles. The zero-order valence-corrected chi connectivity index (χ0v) is 13.3. The van der Waals surface area contributed by atoms with Gasteiger partial charge in [0.1, 0.15) is 0 Å². The van der Waals surface area contributed by atoms with Crippen LogP contribution in [0.2, 0.25) is 0 Å². The second-order valence-corrected chi connectivity index (χ2v) is 7.13. The molecule has 2 aliphatic rings. The lowest BCUT2D eigenvalue weighted by Gasteiger charge is -2.38. The Morgan fingerprint density at radius 3 is 2.24 bits per heavy atom.